The number of hydrogen-bond donors (Lipinski definition) is 3. The number of nitrogens with two attached hydrogens (primary N) is 1. The molecule has 0 saturated heterocycles. The van der Waals surface area contributed by atoms with E-state index in [2.05, 4.69) is 10.3 Å². The van der Waals surface area contributed by atoms with Crippen molar-refractivity contribution in [3.8, 4) is 0 Å². The normalized spacial score (nSPS) is 14.1. The Bertz CT molecular complexity index is 402. The van der Waals surface area contributed by atoms with Gasteiger partial charge in [0, 0.05) is 12.3 Å². The molecule has 7 heteroatoms. The van der Waals surface area contributed by atoms with Crippen LogP contribution in [0.4, 0.5) is 0 Å². The Kier molecular flexibility index (Phi) is 4.19. The maximum atomic E-state index is 9.02. The van der Waals surface area contributed by atoms with Crippen molar-refractivity contribution in [2.75, 3.05) is 6.61 Å². The van der Waals surface area contributed by atoms with Crippen LogP contribution in [0, 0.1) is 6.92 Å². The van der Waals surface area contributed by atoms with Crippen molar-refractivity contribution in [3.05, 3.63) is 11.3 Å². The van der Waals surface area contributed by atoms with E-state index in [-0.39, 0.29) is 17.7 Å². The van der Waals surface area contributed by atoms with Crippen molar-refractivity contribution in [2.45, 2.75) is 24.1 Å². The molecule has 90 valence electrons. The molecule has 1 unspecified atom stereocenters. The Morgan fingerprint density at radius 2 is 2.31 bits per heavy atom. The van der Waals surface area contributed by atoms with E-state index < -0.39 is 0 Å². The fourth-order valence-corrected chi connectivity index (χ4v) is 2.36. The number of aryl methyl sites for hydroxylation is 2. The van der Waals surface area contributed by atoms with Crippen molar-refractivity contribution in [2.24, 2.45) is 17.9 Å². The van der Waals surface area contributed by atoms with Gasteiger partial charge in [0.25, 0.3) is 0 Å². The van der Waals surface area contributed by atoms with Gasteiger partial charge >= 0.3 is 0 Å². The summed E-state index contributed by atoms with van der Waals surface area (Å²) in [6.45, 7) is 3.74. The number of aromatic nitrogens is 2. The van der Waals surface area contributed by atoms with Gasteiger partial charge in [-0.3, -0.25) is 4.68 Å². The monoisotopic (exact) mass is 244 g/mol. The Hall–Kier alpha value is -1.21. The van der Waals surface area contributed by atoms with Gasteiger partial charge < -0.3 is 16.0 Å². The summed E-state index contributed by atoms with van der Waals surface area (Å²) in [5, 5.41) is 25.7. The van der Waals surface area contributed by atoms with E-state index in [0.717, 1.165) is 5.03 Å². The number of thioether (sulfide) groups is 1. The Morgan fingerprint density at radius 3 is 2.81 bits per heavy atom. The molecule has 0 amide bonds. The van der Waals surface area contributed by atoms with E-state index in [4.69, 9.17) is 16.0 Å². The summed E-state index contributed by atoms with van der Waals surface area (Å²) in [4.78, 5) is 0. The van der Waals surface area contributed by atoms with E-state index in [0.29, 0.717) is 11.3 Å². The third-order valence-corrected chi connectivity index (χ3v) is 3.35. The number of oxime groups is 1. The average Bonchev–Trinajstić information content (AvgIpc) is 2.53. The molecule has 4 N–H and O–H groups in total. The summed E-state index contributed by atoms with van der Waals surface area (Å²) >= 11 is 1.44. The predicted octanol–water partition coefficient (Wildman–Crippen LogP) is 0.296. The first-order valence-corrected chi connectivity index (χ1v) is 5.68. The van der Waals surface area contributed by atoms with Crippen molar-refractivity contribution in [1.29, 1.82) is 0 Å². The average molecular weight is 244 g/mol. The maximum absolute atomic E-state index is 9.02. The standard InChI is InChI=1S/C9H16N4O2S/c1-5(4-14)16-9-7(8(10)12-15)6(2)11-13(9)3/h5,14-15H,4H2,1-3H3,(H2,10,12). The second-order valence-electron chi connectivity index (χ2n) is 3.49. The highest BCUT2D eigenvalue weighted by Gasteiger charge is 2.19. The van der Waals surface area contributed by atoms with Gasteiger partial charge in [0.05, 0.1) is 17.9 Å². The van der Waals surface area contributed by atoms with Gasteiger partial charge in [-0.1, -0.05) is 12.1 Å². The zero-order chi connectivity index (χ0) is 12.3. The molecule has 6 nitrogen and oxygen atoms in total. The first kappa shape index (κ1) is 12.9. The molecule has 1 heterocycles. The number of hydrogen-bond acceptors (Lipinski definition) is 5. The predicted molar refractivity (Wildman–Crippen MR) is 62.9 cm³/mol. The SMILES string of the molecule is Cc1nn(C)c(SC(C)CO)c1C(N)=NO. The van der Waals surface area contributed by atoms with E-state index in [1.54, 1.807) is 18.7 Å². The molecule has 0 aromatic carbocycles. The Labute approximate surface area is 98.1 Å². The highest BCUT2D eigenvalue weighted by Crippen LogP contribution is 2.28. The van der Waals surface area contributed by atoms with Crippen LogP contribution in [-0.4, -0.2) is 37.8 Å². The number of aliphatic hydroxyl groups excluding tert-OH is 1. The minimum Gasteiger partial charge on any atom is -0.409 e. The van der Waals surface area contributed by atoms with Crippen LogP contribution in [0.25, 0.3) is 0 Å². The molecule has 0 saturated carbocycles. The van der Waals surface area contributed by atoms with Crippen molar-refractivity contribution < 1.29 is 10.3 Å². The van der Waals surface area contributed by atoms with E-state index >= 15 is 0 Å². The summed E-state index contributed by atoms with van der Waals surface area (Å²) in [6.07, 6.45) is 0. The number of nitrogens with zero attached hydrogens (tertiary/aromatic N) is 3. The molecular weight excluding hydrogens is 228 g/mol. The summed E-state index contributed by atoms with van der Waals surface area (Å²) in [6, 6.07) is 0. The minimum absolute atomic E-state index is 0.0278. The highest BCUT2D eigenvalue weighted by molar-refractivity contribution is 8.00. The van der Waals surface area contributed by atoms with Crippen LogP contribution in [-0.2, 0) is 7.05 Å². The van der Waals surface area contributed by atoms with Gasteiger partial charge in [-0.15, -0.1) is 11.8 Å². The maximum Gasteiger partial charge on any atom is 0.174 e. The van der Waals surface area contributed by atoms with Gasteiger partial charge in [-0.2, -0.15) is 5.10 Å². The molecule has 0 fully saturated rings. The Balaban J connectivity index is 3.16. The fraction of sp³-hybridized carbons (Fsp3) is 0.556. The van der Waals surface area contributed by atoms with E-state index in [9.17, 15) is 0 Å². The third kappa shape index (κ3) is 2.48. The topological polar surface area (TPSA) is 96.7 Å². The zero-order valence-electron chi connectivity index (χ0n) is 9.51. The van der Waals surface area contributed by atoms with Gasteiger partial charge in [-0.25, -0.2) is 0 Å². The van der Waals surface area contributed by atoms with Crippen LogP contribution in [0.5, 0.6) is 0 Å². The minimum atomic E-state index is 0.0278. The van der Waals surface area contributed by atoms with E-state index in [1.807, 2.05) is 6.92 Å². The first-order chi connectivity index (χ1) is 7.51. The third-order valence-electron chi connectivity index (χ3n) is 2.10. The Morgan fingerprint density at radius 1 is 1.69 bits per heavy atom. The van der Waals surface area contributed by atoms with Crippen LogP contribution < -0.4 is 5.73 Å². The lowest BCUT2D eigenvalue weighted by molar-refractivity contribution is 0.300. The van der Waals surface area contributed by atoms with Crippen LogP contribution >= 0.6 is 11.8 Å². The van der Waals surface area contributed by atoms with Crippen molar-refractivity contribution >= 4 is 17.6 Å². The molecule has 0 spiro atoms. The fourth-order valence-electron chi connectivity index (χ4n) is 1.34. The quantitative estimate of drug-likeness (QED) is 0.233. The molecule has 1 atom stereocenters. The zero-order valence-corrected chi connectivity index (χ0v) is 10.3. The summed E-state index contributed by atoms with van der Waals surface area (Å²) in [7, 11) is 1.79. The molecule has 0 aliphatic heterocycles. The molecule has 1 aromatic heterocycles. The molecule has 0 aliphatic carbocycles. The van der Waals surface area contributed by atoms with Crippen LogP contribution in [0.3, 0.4) is 0 Å². The summed E-state index contributed by atoms with van der Waals surface area (Å²) < 4.78 is 1.67. The lowest BCUT2D eigenvalue weighted by Crippen LogP contribution is -2.16. The summed E-state index contributed by atoms with van der Waals surface area (Å²) in [5.74, 6) is 0.0400. The number of amidine groups is 1. The van der Waals surface area contributed by atoms with Gasteiger partial charge in [0.2, 0.25) is 0 Å². The van der Waals surface area contributed by atoms with Gasteiger partial charge in [0.1, 0.15) is 5.03 Å². The molecular formula is C9H16N4O2S. The lowest BCUT2D eigenvalue weighted by Gasteiger charge is -2.09. The second-order valence-corrected chi connectivity index (χ2v) is 4.91. The lowest BCUT2D eigenvalue weighted by atomic mass is 10.2. The van der Waals surface area contributed by atoms with Crippen LogP contribution in [0.2, 0.25) is 0 Å². The van der Waals surface area contributed by atoms with Crippen LogP contribution in [0.1, 0.15) is 18.2 Å². The van der Waals surface area contributed by atoms with E-state index in [1.165, 1.54) is 11.8 Å². The summed E-state index contributed by atoms with van der Waals surface area (Å²) in [5.41, 5.74) is 6.92. The largest absolute Gasteiger partial charge is 0.409 e. The van der Waals surface area contributed by atoms with Crippen LogP contribution in [0.15, 0.2) is 10.2 Å². The molecule has 0 bridgehead atoms. The molecule has 0 radical (unpaired) electrons. The molecule has 0 aliphatic rings. The highest BCUT2D eigenvalue weighted by atomic mass is 32.2. The number of rotatable bonds is 4. The van der Waals surface area contributed by atoms with Crippen molar-refractivity contribution in [1.82, 2.24) is 9.78 Å². The molecule has 1 rings (SSSR count). The number of aliphatic hydroxyl groups is 1. The van der Waals surface area contributed by atoms with Gasteiger partial charge in [-0.05, 0) is 6.92 Å². The second kappa shape index (κ2) is 5.22. The molecule has 16 heavy (non-hydrogen) atoms. The first-order valence-electron chi connectivity index (χ1n) is 4.80. The van der Waals surface area contributed by atoms with Crippen molar-refractivity contribution in [3.63, 3.8) is 0 Å². The smallest absolute Gasteiger partial charge is 0.174 e. The van der Waals surface area contributed by atoms with Gasteiger partial charge in [0.15, 0.2) is 5.84 Å². The molecule has 1 aromatic rings.